The van der Waals surface area contributed by atoms with Crippen LogP contribution in [0.15, 0.2) is 24.3 Å². The lowest BCUT2D eigenvalue weighted by Crippen LogP contribution is -2.19. The van der Waals surface area contributed by atoms with Gasteiger partial charge in [-0.05, 0) is 19.4 Å². The number of methoxy groups -OCH3 is 1. The normalized spacial score (nSPS) is 14.8. The Hall–Kier alpha value is -0.130. The van der Waals surface area contributed by atoms with E-state index in [4.69, 9.17) is 9.47 Å². The quantitative estimate of drug-likeness (QED) is 0.585. The molecule has 0 N–H and O–H groups in total. The molecular weight excluding hydrogens is 315 g/mol. The van der Waals surface area contributed by atoms with Gasteiger partial charge in [-0.25, -0.2) is 0 Å². The van der Waals surface area contributed by atoms with E-state index in [0.29, 0.717) is 6.61 Å². The van der Waals surface area contributed by atoms with E-state index >= 15 is 0 Å². The Bertz CT molecular complexity index is 315. The topological polar surface area (TPSA) is 18.5 Å². The average Bonchev–Trinajstić information content (AvgIpc) is 2.26. The summed E-state index contributed by atoms with van der Waals surface area (Å²) >= 11 is 2.36. The fourth-order valence-corrected chi connectivity index (χ4v) is 2.34. The van der Waals surface area contributed by atoms with Crippen molar-refractivity contribution < 1.29 is 9.47 Å². The molecule has 0 radical (unpaired) electrons. The number of halogens is 1. The standard InChI is InChI=1S/C13H19IO2/c1-10-5-4-6-12(7-10)13(8-14)16-11(2)9-15-3/h4-7,11,13H,8-9H2,1-3H3. The summed E-state index contributed by atoms with van der Waals surface area (Å²) in [6, 6.07) is 8.49. The molecule has 0 aliphatic carbocycles. The largest absolute Gasteiger partial charge is 0.382 e. The number of rotatable bonds is 6. The highest BCUT2D eigenvalue weighted by Crippen LogP contribution is 2.22. The van der Waals surface area contributed by atoms with Crippen molar-refractivity contribution in [3.8, 4) is 0 Å². The van der Waals surface area contributed by atoms with Gasteiger partial charge in [-0.15, -0.1) is 0 Å². The predicted molar refractivity (Wildman–Crippen MR) is 75.2 cm³/mol. The fraction of sp³-hybridized carbons (Fsp3) is 0.538. The summed E-state index contributed by atoms with van der Waals surface area (Å²) in [6.45, 7) is 4.78. The zero-order valence-corrected chi connectivity index (χ0v) is 12.2. The van der Waals surface area contributed by atoms with Gasteiger partial charge in [0, 0.05) is 11.5 Å². The number of benzene rings is 1. The van der Waals surface area contributed by atoms with E-state index in [0.717, 1.165) is 4.43 Å². The van der Waals surface area contributed by atoms with E-state index in [1.807, 2.05) is 6.92 Å². The lowest BCUT2D eigenvalue weighted by atomic mass is 10.1. The highest BCUT2D eigenvalue weighted by molar-refractivity contribution is 14.1. The molecular formula is C13H19IO2. The highest BCUT2D eigenvalue weighted by atomic mass is 127. The second-order valence-electron chi connectivity index (χ2n) is 3.96. The molecule has 1 rings (SSSR count). The summed E-state index contributed by atoms with van der Waals surface area (Å²) in [7, 11) is 1.70. The van der Waals surface area contributed by atoms with Crippen LogP contribution < -0.4 is 0 Å². The Morgan fingerprint density at radius 2 is 2.12 bits per heavy atom. The van der Waals surface area contributed by atoms with Gasteiger partial charge in [-0.3, -0.25) is 0 Å². The van der Waals surface area contributed by atoms with Crippen molar-refractivity contribution in [1.29, 1.82) is 0 Å². The maximum absolute atomic E-state index is 5.95. The van der Waals surface area contributed by atoms with Crippen LogP contribution in [-0.2, 0) is 9.47 Å². The number of aryl methyl sites for hydroxylation is 1. The molecule has 2 atom stereocenters. The molecule has 0 fully saturated rings. The zero-order chi connectivity index (χ0) is 12.0. The lowest BCUT2D eigenvalue weighted by Gasteiger charge is -2.21. The molecule has 0 aromatic heterocycles. The summed E-state index contributed by atoms with van der Waals surface area (Å²) in [5.41, 5.74) is 2.52. The molecule has 0 bridgehead atoms. The maximum atomic E-state index is 5.95. The van der Waals surface area contributed by atoms with Crippen molar-refractivity contribution in [2.24, 2.45) is 0 Å². The molecule has 1 aromatic rings. The molecule has 0 saturated heterocycles. The van der Waals surface area contributed by atoms with Crippen molar-refractivity contribution in [3.63, 3.8) is 0 Å². The van der Waals surface area contributed by atoms with E-state index in [9.17, 15) is 0 Å². The maximum Gasteiger partial charge on any atom is 0.0919 e. The second-order valence-corrected chi connectivity index (χ2v) is 4.84. The highest BCUT2D eigenvalue weighted by Gasteiger charge is 2.14. The molecule has 0 amide bonds. The Morgan fingerprint density at radius 3 is 2.69 bits per heavy atom. The minimum absolute atomic E-state index is 0.130. The SMILES string of the molecule is COCC(C)OC(CI)c1cccc(C)c1. The average molecular weight is 334 g/mol. The molecule has 2 unspecified atom stereocenters. The Kier molecular flexibility index (Phi) is 6.31. The first kappa shape index (κ1) is 13.9. The minimum atomic E-state index is 0.130. The Balaban J connectivity index is 2.67. The van der Waals surface area contributed by atoms with E-state index in [2.05, 4.69) is 53.8 Å². The molecule has 0 aliphatic heterocycles. The molecule has 3 heteroatoms. The third kappa shape index (κ3) is 4.39. The first-order chi connectivity index (χ1) is 7.67. The van der Waals surface area contributed by atoms with E-state index in [1.165, 1.54) is 11.1 Å². The molecule has 0 heterocycles. The van der Waals surface area contributed by atoms with Gasteiger partial charge >= 0.3 is 0 Å². The lowest BCUT2D eigenvalue weighted by molar-refractivity contribution is -0.0291. The first-order valence-electron chi connectivity index (χ1n) is 5.44. The van der Waals surface area contributed by atoms with Gasteiger partial charge in [0.2, 0.25) is 0 Å². The minimum Gasteiger partial charge on any atom is -0.382 e. The van der Waals surface area contributed by atoms with Gasteiger partial charge < -0.3 is 9.47 Å². The number of hydrogen-bond acceptors (Lipinski definition) is 2. The zero-order valence-electron chi connectivity index (χ0n) is 10.1. The number of alkyl halides is 1. The summed E-state index contributed by atoms with van der Waals surface area (Å²) in [5, 5.41) is 0. The van der Waals surface area contributed by atoms with E-state index in [1.54, 1.807) is 7.11 Å². The van der Waals surface area contributed by atoms with Crippen molar-refractivity contribution in [3.05, 3.63) is 35.4 Å². The Labute approximate surface area is 111 Å². The van der Waals surface area contributed by atoms with Gasteiger partial charge in [-0.1, -0.05) is 52.4 Å². The fourth-order valence-electron chi connectivity index (χ4n) is 1.63. The van der Waals surface area contributed by atoms with Crippen molar-refractivity contribution in [1.82, 2.24) is 0 Å². The van der Waals surface area contributed by atoms with Crippen molar-refractivity contribution in [2.45, 2.75) is 26.1 Å². The van der Waals surface area contributed by atoms with Crippen LogP contribution in [-0.4, -0.2) is 24.2 Å². The van der Waals surface area contributed by atoms with Crippen LogP contribution >= 0.6 is 22.6 Å². The van der Waals surface area contributed by atoms with Crippen molar-refractivity contribution in [2.75, 3.05) is 18.1 Å². The van der Waals surface area contributed by atoms with Crippen LogP contribution in [0.3, 0.4) is 0 Å². The van der Waals surface area contributed by atoms with Crippen LogP contribution in [0.25, 0.3) is 0 Å². The third-order valence-electron chi connectivity index (χ3n) is 2.35. The van der Waals surface area contributed by atoms with Gasteiger partial charge in [0.1, 0.15) is 0 Å². The van der Waals surface area contributed by atoms with Crippen molar-refractivity contribution >= 4 is 22.6 Å². The summed E-state index contributed by atoms with van der Waals surface area (Å²) in [4.78, 5) is 0. The van der Waals surface area contributed by atoms with Crippen LogP contribution in [0.1, 0.15) is 24.2 Å². The molecule has 0 aliphatic rings. The second kappa shape index (κ2) is 7.25. The summed E-state index contributed by atoms with van der Waals surface area (Å²) < 4.78 is 12.0. The summed E-state index contributed by atoms with van der Waals surface area (Å²) in [6.07, 6.45) is 0.288. The molecule has 2 nitrogen and oxygen atoms in total. The third-order valence-corrected chi connectivity index (χ3v) is 3.15. The number of ether oxygens (including phenoxy) is 2. The van der Waals surface area contributed by atoms with E-state index in [-0.39, 0.29) is 12.2 Å². The molecule has 1 aromatic carbocycles. The number of hydrogen-bond donors (Lipinski definition) is 0. The van der Waals surface area contributed by atoms with Gasteiger partial charge in [0.15, 0.2) is 0 Å². The first-order valence-corrected chi connectivity index (χ1v) is 6.97. The van der Waals surface area contributed by atoms with Crippen LogP contribution in [0, 0.1) is 6.92 Å². The Morgan fingerprint density at radius 1 is 1.38 bits per heavy atom. The molecule has 0 spiro atoms. The molecule has 0 saturated carbocycles. The molecule has 90 valence electrons. The van der Waals surface area contributed by atoms with E-state index < -0.39 is 0 Å². The van der Waals surface area contributed by atoms with Gasteiger partial charge in [-0.2, -0.15) is 0 Å². The van der Waals surface area contributed by atoms with Gasteiger partial charge in [0.25, 0.3) is 0 Å². The smallest absolute Gasteiger partial charge is 0.0919 e. The monoisotopic (exact) mass is 334 g/mol. The van der Waals surface area contributed by atoms with Gasteiger partial charge in [0.05, 0.1) is 18.8 Å². The molecule has 16 heavy (non-hydrogen) atoms. The summed E-state index contributed by atoms with van der Waals surface area (Å²) in [5.74, 6) is 0. The van der Waals surface area contributed by atoms with Crippen LogP contribution in [0.5, 0.6) is 0 Å². The predicted octanol–water partition coefficient (Wildman–Crippen LogP) is 3.52. The van der Waals surface area contributed by atoms with Crippen LogP contribution in [0.4, 0.5) is 0 Å². The van der Waals surface area contributed by atoms with Crippen LogP contribution in [0.2, 0.25) is 0 Å².